The second-order valence-corrected chi connectivity index (χ2v) is 4.91. The molecule has 3 aromatic rings. The predicted octanol–water partition coefficient (Wildman–Crippen LogP) is -0.387. The van der Waals surface area contributed by atoms with E-state index in [9.17, 15) is 14.7 Å². The second-order valence-electron chi connectivity index (χ2n) is 4.91. The molecule has 0 unspecified atom stereocenters. The highest BCUT2D eigenvalue weighted by Gasteiger charge is 2.15. The highest BCUT2D eigenvalue weighted by atomic mass is 16.4. The summed E-state index contributed by atoms with van der Waals surface area (Å²) >= 11 is 0. The smallest absolute Gasteiger partial charge is 0.356 e. The van der Waals surface area contributed by atoms with Crippen LogP contribution in [0.15, 0.2) is 35.5 Å². The normalized spacial score (nSPS) is 10.8. The van der Waals surface area contributed by atoms with E-state index in [4.69, 9.17) is 5.11 Å². The van der Waals surface area contributed by atoms with Crippen molar-refractivity contribution < 1.29 is 15.0 Å². The maximum atomic E-state index is 12.3. The molecule has 10 nitrogen and oxygen atoms in total. The van der Waals surface area contributed by atoms with E-state index in [-0.39, 0.29) is 16.9 Å². The van der Waals surface area contributed by atoms with Crippen LogP contribution in [-0.4, -0.2) is 45.9 Å². The molecular formula is C14H12N6O4. The number of aryl methyl sites for hydroxylation is 1. The summed E-state index contributed by atoms with van der Waals surface area (Å²) in [6.07, 6.45) is 4.46. The summed E-state index contributed by atoms with van der Waals surface area (Å²) in [4.78, 5) is 27.5. The fraction of sp³-hybridized carbons (Fsp3) is 0.143. The minimum atomic E-state index is -1.31. The van der Waals surface area contributed by atoms with E-state index in [0.717, 1.165) is 10.7 Å². The number of carboxylic acid groups (broad SMARTS) is 1. The summed E-state index contributed by atoms with van der Waals surface area (Å²) in [6, 6.07) is 2.65. The molecule has 0 amide bonds. The monoisotopic (exact) mass is 328 g/mol. The van der Waals surface area contributed by atoms with Gasteiger partial charge in [-0.1, -0.05) is 5.21 Å². The third-order valence-corrected chi connectivity index (χ3v) is 3.35. The van der Waals surface area contributed by atoms with Gasteiger partial charge in [0.25, 0.3) is 5.56 Å². The maximum Gasteiger partial charge on any atom is 0.356 e. The number of rotatable bonds is 4. The topological polar surface area (TPSA) is 136 Å². The van der Waals surface area contributed by atoms with Crippen molar-refractivity contribution in [1.82, 2.24) is 29.8 Å². The molecule has 3 aromatic heterocycles. The first-order valence-electron chi connectivity index (χ1n) is 6.79. The third kappa shape index (κ3) is 2.65. The zero-order chi connectivity index (χ0) is 17.3. The van der Waals surface area contributed by atoms with Crippen LogP contribution in [0.4, 0.5) is 0 Å². The van der Waals surface area contributed by atoms with Gasteiger partial charge in [0.15, 0.2) is 5.69 Å². The Kier molecular flexibility index (Phi) is 3.88. The van der Waals surface area contributed by atoms with Gasteiger partial charge in [-0.05, 0) is 12.1 Å². The van der Waals surface area contributed by atoms with E-state index in [2.05, 4.69) is 20.4 Å². The van der Waals surface area contributed by atoms with Crippen LogP contribution in [0.2, 0.25) is 0 Å². The van der Waals surface area contributed by atoms with Crippen LogP contribution in [0.1, 0.15) is 16.1 Å². The molecule has 0 fully saturated rings. The number of aliphatic hydroxyl groups is 1. The summed E-state index contributed by atoms with van der Waals surface area (Å²) in [7, 11) is 1.70. The predicted molar refractivity (Wildman–Crippen MR) is 80.5 cm³/mol. The lowest BCUT2D eigenvalue weighted by Gasteiger charge is -2.09. The highest BCUT2D eigenvalue weighted by Crippen LogP contribution is 2.18. The number of aromatic carboxylic acids is 1. The lowest BCUT2D eigenvalue weighted by Crippen LogP contribution is -2.27. The van der Waals surface area contributed by atoms with Gasteiger partial charge in [-0.3, -0.25) is 9.78 Å². The van der Waals surface area contributed by atoms with Crippen LogP contribution < -0.4 is 5.56 Å². The van der Waals surface area contributed by atoms with Crippen LogP contribution in [0.25, 0.3) is 16.9 Å². The van der Waals surface area contributed by atoms with Gasteiger partial charge in [-0.2, -0.15) is 9.78 Å². The summed E-state index contributed by atoms with van der Waals surface area (Å²) < 4.78 is 2.43. The van der Waals surface area contributed by atoms with Gasteiger partial charge in [0.1, 0.15) is 0 Å². The first-order valence-corrected chi connectivity index (χ1v) is 6.79. The highest BCUT2D eigenvalue weighted by molar-refractivity contribution is 5.85. The van der Waals surface area contributed by atoms with Crippen molar-refractivity contribution >= 4 is 5.97 Å². The van der Waals surface area contributed by atoms with Gasteiger partial charge in [0.2, 0.25) is 0 Å². The Hall–Kier alpha value is -3.40. The van der Waals surface area contributed by atoms with Gasteiger partial charge in [-0.15, -0.1) is 5.10 Å². The zero-order valence-corrected chi connectivity index (χ0v) is 12.5. The molecule has 0 aliphatic rings. The molecule has 0 aliphatic carbocycles. The standard InChI is InChI=1S/C14H12N6O4/c1-19-12(6-16-18-19)8-2-10(5-15-4-8)20-13(22)9(7-21)3-11(17-20)14(23)24/h2-6,21H,7H2,1H3,(H,23,24). The molecule has 2 N–H and O–H groups in total. The van der Waals surface area contributed by atoms with Crippen molar-refractivity contribution in [1.29, 1.82) is 0 Å². The zero-order valence-electron chi connectivity index (χ0n) is 12.5. The van der Waals surface area contributed by atoms with E-state index in [1.165, 1.54) is 17.1 Å². The third-order valence-electron chi connectivity index (χ3n) is 3.35. The molecule has 3 heterocycles. The first kappa shape index (κ1) is 15.5. The Balaban J connectivity index is 2.19. The summed E-state index contributed by atoms with van der Waals surface area (Å²) in [5.41, 5.74) is 0.497. The van der Waals surface area contributed by atoms with Crippen molar-refractivity contribution in [2.45, 2.75) is 6.61 Å². The molecule has 0 radical (unpaired) electrons. The van der Waals surface area contributed by atoms with Gasteiger partial charge in [-0.25, -0.2) is 9.48 Å². The van der Waals surface area contributed by atoms with Crippen molar-refractivity contribution in [2.75, 3.05) is 0 Å². The average molecular weight is 328 g/mol. The Labute approximate surface area is 134 Å². The van der Waals surface area contributed by atoms with Crippen molar-refractivity contribution in [3.8, 4) is 16.9 Å². The van der Waals surface area contributed by atoms with Crippen molar-refractivity contribution in [2.24, 2.45) is 7.05 Å². The molecule has 24 heavy (non-hydrogen) atoms. The van der Waals surface area contributed by atoms with Crippen molar-refractivity contribution in [3.05, 3.63) is 52.3 Å². The van der Waals surface area contributed by atoms with Crippen LogP contribution in [0.5, 0.6) is 0 Å². The van der Waals surface area contributed by atoms with Gasteiger partial charge in [0.05, 0.1) is 30.4 Å². The Morgan fingerprint density at radius 2 is 2.04 bits per heavy atom. The van der Waals surface area contributed by atoms with Crippen LogP contribution >= 0.6 is 0 Å². The molecule has 0 bridgehead atoms. The van der Waals surface area contributed by atoms with Gasteiger partial charge >= 0.3 is 5.97 Å². The number of nitrogens with zero attached hydrogens (tertiary/aromatic N) is 6. The van der Waals surface area contributed by atoms with Crippen LogP contribution in [0, 0.1) is 0 Å². The fourth-order valence-corrected chi connectivity index (χ4v) is 2.17. The van der Waals surface area contributed by atoms with E-state index < -0.39 is 18.1 Å². The van der Waals surface area contributed by atoms with Gasteiger partial charge in [0, 0.05) is 24.4 Å². The minimum Gasteiger partial charge on any atom is -0.476 e. The number of aliphatic hydroxyl groups excluding tert-OH is 1. The first-order chi connectivity index (χ1) is 11.5. The molecule has 0 saturated heterocycles. The molecule has 0 spiro atoms. The van der Waals surface area contributed by atoms with E-state index in [1.54, 1.807) is 19.3 Å². The Morgan fingerprint density at radius 3 is 2.67 bits per heavy atom. The van der Waals surface area contributed by atoms with E-state index in [0.29, 0.717) is 11.3 Å². The number of pyridine rings is 1. The number of hydrogen-bond acceptors (Lipinski definition) is 7. The number of aromatic nitrogens is 6. The second kappa shape index (κ2) is 6.01. The molecule has 122 valence electrons. The molecular weight excluding hydrogens is 316 g/mol. The Bertz CT molecular complexity index is 977. The quantitative estimate of drug-likeness (QED) is 0.661. The maximum absolute atomic E-state index is 12.3. The largest absolute Gasteiger partial charge is 0.476 e. The van der Waals surface area contributed by atoms with E-state index >= 15 is 0 Å². The SMILES string of the molecule is Cn1nncc1-c1cncc(-n2nc(C(=O)O)cc(CO)c2=O)c1. The van der Waals surface area contributed by atoms with Crippen LogP contribution in [-0.2, 0) is 13.7 Å². The molecule has 0 aliphatic heterocycles. The number of carboxylic acids is 1. The molecule has 3 rings (SSSR count). The molecule has 0 saturated carbocycles. The summed E-state index contributed by atoms with van der Waals surface area (Å²) in [5.74, 6) is -1.31. The van der Waals surface area contributed by atoms with Crippen molar-refractivity contribution in [3.63, 3.8) is 0 Å². The average Bonchev–Trinajstić information content (AvgIpc) is 3.01. The fourth-order valence-electron chi connectivity index (χ4n) is 2.17. The molecule has 0 atom stereocenters. The number of carbonyl (C=O) groups is 1. The molecule has 0 aromatic carbocycles. The van der Waals surface area contributed by atoms with Gasteiger partial charge < -0.3 is 10.2 Å². The lowest BCUT2D eigenvalue weighted by molar-refractivity contribution is 0.0688. The molecule has 10 heteroatoms. The Morgan fingerprint density at radius 1 is 1.25 bits per heavy atom. The summed E-state index contributed by atoms with van der Waals surface area (Å²) in [5, 5.41) is 29.8. The lowest BCUT2D eigenvalue weighted by atomic mass is 10.2. The summed E-state index contributed by atoms with van der Waals surface area (Å²) in [6.45, 7) is -0.597. The van der Waals surface area contributed by atoms with E-state index in [1.807, 2.05) is 0 Å². The number of hydrogen-bond donors (Lipinski definition) is 2. The van der Waals surface area contributed by atoms with Crippen LogP contribution in [0.3, 0.4) is 0 Å². The minimum absolute atomic E-state index is 0.0741.